The minimum atomic E-state index is -0.734. The molecular formula is C26H22N2O5. The average Bonchev–Trinajstić information content (AvgIpc) is 3.11. The van der Waals surface area contributed by atoms with Gasteiger partial charge in [-0.3, -0.25) is 14.5 Å². The Labute approximate surface area is 190 Å². The van der Waals surface area contributed by atoms with E-state index in [1.807, 2.05) is 38.1 Å². The number of aromatic nitrogens is 1. The van der Waals surface area contributed by atoms with Crippen LogP contribution in [0.1, 0.15) is 39.0 Å². The van der Waals surface area contributed by atoms with E-state index in [9.17, 15) is 9.59 Å². The fourth-order valence-electron chi connectivity index (χ4n) is 4.32. The third-order valence-electron chi connectivity index (χ3n) is 5.87. The Hall–Kier alpha value is -4.13. The number of rotatable bonds is 4. The maximum Gasteiger partial charge on any atom is 0.296 e. The Balaban J connectivity index is 1.82. The second kappa shape index (κ2) is 7.78. The number of ether oxygens (including phenoxy) is 2. The van der Waals surface area contributed by atoms with Crippen LogP contribution in [0.2, 0.25) is 0 Å². The van der Waals surface area contributed by atoms with Crippen molar-refractivity contribution in [3.8, 4) is 11.5 Å². The lowest BCUT2D eigenvalue weighted by Gasteiger charge is -2.25. The second-order valence-corrected chi connectivity index (χ2v) is 8.00. The van der Waals surface area contributed by atoms with E-state index in [4.69, 9.17) is 13.9 Å². The average molecular weight is 442 g/mol. The molecule has 0 saturated heterocycles. The SMILES string of the molecule is COc1ccc([C@@H]2c3c(oc4ccc(C)cc4c3=O)C(=O)N2c2cccc(C)n2)cc1OC. The third kappa shape index (κ3) is 3.24. The van der Waals surface area contributed by atoms with Crippen LogP contribution >= 0.6 is 0 Å². The van der Waals surface area contributed by atoms with Gasteiger partial charge in [0.25, 0.3) is 5.91 Å². The molecule has 1 atom stereocenters. The van der Waals surface area contributed by atoms with E-state index in [0.29, 0.717) is 33.8 Å². The third-order valence-corrected chi connectivity index (χ3v) is 5.87. The highest BCUT2D eigenvalue weighted by atomic mass is 16.5. The first-order chi connectivity index (χ1) is 15.9. The van der Waals surface area contributed by atoms with E-state index in [-0.39, 0.29) is 16.8 Å². The Bertz CT molecular complexity index is 1470. The zero-order valence-corrected chi connectivity index (χ0v) is 18.7. The summed E-state index contributed by atoms with van der Waals surface area (Å²) in [5, 5.41) is 0.436. The van der Waals surface area contributed by atoms with Crippen LogP contribution in [0.25, 0.3) is 11.0 Å². The van der Waals surface area contributed by atoms with Gasteiger partial charge in [0.15, 0.2) is 16.9 Å². The van der Waals surface area contributed by atoms with Crippen LogP contribution in [0.4, 0.5) is 5.82 Å². The van der Waals surface area contributed by atoms with Crippen molar-refractivity contribution < 1.29 is 18.7 Å². The smallest absolute Gasteiger partial charge is 0.296 e. The van der Waals surface area contributed by atoms with Gasteiger partial charge in [-0.05, 0) is 55.8 Å². The molecule has 3 heterocycles. The number of carbonyl (C=O) groups is 1. The number of carbonyl (C=O) groups excluding carboxylic acids is 1. The summed E-state index contributed by atoms with van der Waals surface area (Å²) in [4.78, 5) is 33.4. The van der Waals surface area contributed by atoms with Gasteiger partial charge in [0.2, 0.25) is 5.76 Å². The van der Waals surface area contributed by atoms with Crippen LogP contribution in [-0.2, 0) is 0 Å². The molecular weight excluding hydrogens is 420 g/mol. The number of fused-ring (bicyclic) bond motifs is 2. The summed E-state index contributed by atoms with van der Waals surface area (Å²) in [5.41, 5.74) is 2.79. The van der Waals surface area contributed by atoms with Gasteiger partial charge in [-0.25, -0.2) is 4.98 Å². The van der Waals surface area contributed by atoms with Crippen molar-refractivity contribution in [3.63, 3.8) is 0 Å². The van der Waals surface area contributed by atoms with Gasteiger partial charge in [-0.15, -0.1) is 0 Å². The number of amides is 1. The van der Waals surface area contributed by atoms with Crippen molar-refractivity contribution in [1.82, 2.24) is 4.98 Å². The molecule has 1 aliphatic heterocycles. The van der Waals surface area contributed by atoms with E-state index in [1.165, 1.54) is 4.90 Å². The molecule has 7 heteroatoms. The molecule has 0 radical (unpaired) electrons. The maximum atomic E-state index is 13.7. The van der Waals surface area contributed by atoms with E-state index < -0.39 is 11.9 Å². The number of methoxy groups -OCH3 is 2. The van der Waals surface area contributed by atoms with Gasteiger partial charge >= 0.3 is 0 Å². The molecule has 0 aliphatic carbocycles. The molecule has 2 aromatic heterocycles. The molecule has 2 aromatic carbocycles. The highest BCUT2D eigenvalue weighted by Crippen LogP contribution is 2.42. The number of hydrogen-bond acceptors (Lipinski definition) is 6. The van der Waals surface area contributed by atoms with Gasteiger partial charge in [0.05, 0.1) is 31.2 Å². The number of benzene rings is 2. The molecule has 0 fully saturated rings. The number of aryl methyl sites for hydroxylation is 2. The molecule has 1 aliphatic rings. The molecule has 166 valence electrons. The van der Waals surface area contributed by atoms with Crippen molar-refractivity contribution in [1.29, 1.82) is 0 Å². The predicted molar refractivity (Wildman–Crippen MR) is 124 cm³/mol. The summed E-state index contributed by atoms with van der Waals surface area (Å²) >= 11 is 0. The summed E-state index contributed by atoms with van der Waals surface area (Å²) in [6.07, 6.45) is 0. The lowest BCUT2D eigenvalue weighted by atomic mass is 9.97. The fourth-order valence-corrected chi connectivity index (χ4v) is 4.32. The maximum absolute atomic E-state index is 13.7. The molecule has 4 aromatic rings. The van der Waals surface area contributed by atoms with Crippen molar-refractivity contribution >= 4 is 22.7 Å². The molecule has 0 N–H and O–H groups in total. The van der Waals surface area contributed by atoms with E-state index in [0.717, 1.165) is 11.3 Å². The summed E-state index contributed by atoms with van der Waals surface area (Å²) in [7, 11) is 3.10. The Kier molecular flexibility index (Phi) is 4.89. The van der Waals surface area contributed by atoms with Crippen LogP contribution in [0, 0.1) is 13.8 Å². The summed E-state index contributed by atoms with van der Waals surface area (Å²) in [6, 6.07) is 15.4. The molecule has 5 rings (SSSR count). The van der Waals surface area contributed by atoms with Crippen LogP contribution in [0.5, 0.6) is 11.5 Å². The second-order valence-electron chi connectivity index (χ2n) is 8.00. The van der Waals surface area contributed by atoms with Gasteiger partial charge in [0.1, 0.15) is 11.4 Å². The zero-order chi connectivity index (χ0) is 23.3. The standard InChI is InChI=1S/C26H22N2O5/c1-14-8-10-18-17(12-14)24(29)22-23(16-9-11-19(31-3)20(13-16)32-4)28(26(30)25(22)33-18)21-7-5-6-15(2)27-21/h5-13,23H,1-4H3/t23-/m1/s1. The van der Waals surface area contributed by atoms with Crippen molar-refractivity contribution in [2.75, 3.05) is 19.1 Å². The molecule has 0 unspecified atom stereocenters. The summed E-state index contributed by atoms with van der Waals surface area (Å²) in [6.45, 7) is 3.76. The quantitative estimate of drug-likeness (QED) is 0.460. The number of nitrogens with zero attached hydrogens (tertiary/aromatic N) is 2. The van der Waals surface area contributed by atoms with Crippen LogP contribution < -0.4 is 19.8 Å². The van der Waals surface area contributed by atoms with Gasteiger partial charge < -0.3 is 13.9 Å². The zero-order valence-electron chi connectivity index (χ0n) is 18.7. The Morgan fingerprint density at radius 2 is 1.73 bits per heavy atom. The van der Waals surface area contributed by atoms with Crippen molar-refractivity contribution in [2.24, 2.45) is 0 Å². The van der Waals surface area contributed by atoms with Crippen molar-refractivity contribution in [2.45, 2.75) is 19.9 Å². The molecule has 1 amide bonds. The first-order valence-electron chi connectivity index (χ1n) is 10.5. The lowest BCUT2D eigenvalue weighted by molar-refractivity contribution is 0.0970. The largest absolute Gasteiger partial charge is 0.493 e. The molecule has 7 nitrogen and oxygen atoms in total. The summed E-state index contributed by atoms with van der Waals surface area (Å²) < 4.78 is 16.9. The van der Waals surface area contributed by atoms with Crippen LogP contribution in [-0.4, -0.2) is 25.1 Å². The van der Waals surface area contributed by atoms with E-state index in [2.05, 4.69) is 4.98 Å². The molecule has 0 saturated carbocycles. The topological polar surface area (TPSA) is 81.9 Å². The Morgan fingerprint density at radius 3 is 2.45 bits per heavy atom. The van der Waals surface area contributed by atoms with Gasteiger partial charge in [-0.2, -0.15) is 0 Å². The Morgan fingerprint density at radius 1 is 0.939 bits per heavy atom. The molecule has 0 spiro atoms. The van der Waals surface area contributed by atoms with Crippen LogP contribution in [0.3, 0.4) is 0 Å². The van der Waals surface area contributed by atoms with E-state index >= 15 is 0 Å². The van der Waals surface area contributed by atoms with E-state index in [1.54, 1.807) is 44.6 Å². The molecule has 0 bridgehead atoms. The monoisotopic (exact) mass is 442 g/mol. The molecule has 33 heavy (non-hydrogen) atoms. The van der Waals surface area contributed by atoms with Gasteiger partial charge in [0, 0.05) is 5.69 Å². The summed E-state index contributed by atoms with van der Waals surface area (Å²) in [5.74, 6) is 1.09. The lowest BCUT2D eigenvalue weighted by Crippen LogP contribution is -2.30. The van der Waals surface area contributed by atoms with Crippen LogP contribution in [0.15, 0.2) is 63.8 Å². The highest BCUT2D eigenvalue weighted by Gasteiger charge is 2.44. The first-order valence-corrected chi connectivity index (χ1v) is 10.5. The highest BCUT2D eigenvalue weighted by molar-refractivity contribution is 6.10. The first kappa shape index (κ1) is 20.8. The number of pyridine rings is 1. The normalized spacial score (nSPS) is 15.1. The van der Waals surface area contributed by atoms with Crippen molar-refractivity contribution in [3.05, 3.63) is 93.0 Å². The number of anilines is 1. The number of hydrogen-bond donors (Lipinski definition) is 0. The minimum absolute atomic E-state index is 0.0273. The fraction of sp³-hybridized carbons (Fsp3) is 0.192. The predicted octanol–water partition coefficient (Wildman–Crippen LogP) is 4.57. The van der Waals surface area contributed by atoms with Gasteiger partial charge in [-0.1, -0.05) is 23.8 Å². The minimum Gasteiger partial charge on any atom is -0.493 e.